The summed E-state index contributed by atoms with van der Waals surface area (Å²) in [6.45, 7) is 1.96. The Morgan fingerprint density at radius 1 is 1.54 bits per heavy atom. The molecule has 1 saturated carbocycles. The smallest absolute Gasteiger partial charge is 0.236 e. The summed E-state index contributed by atoms with van der Waals surface area (Å²) in [6.07, 6.45) is 3.52. The van der Waals surface area contributed by atoms with Gasteiger partial charge in [-0.25, -0.2) is 0 Å². The first kappa shape index (κ1) is 8.24. The lowest BCUT2D eigenvalue weighted by atomic mass is 9.70. The molecule has 1 heterocycles. The van der Waals surface area contributed by atoms with Gasteiger partial charge in [0.2, 0.25) is 11.8 Å². The van der Waals surface area contributed by atoms with Crippen LogP contribution in [-0.4, -0.2) is 10.2 Å². The van der Waals surface area contributed by atoms with E-state index in [0.717, 1.165) is 25.7 Å². The maximum Gasteiger partial charge on any atom is 0.236 e. The van der Waals surface area contributed by atoms with Crippen LogP contribution in [0, 0.1) is 11.3 Å². The summed E-state index contributed by atoms with van der Waals surface area (Å²) in [5.41, 5.74) is -0.458. The van der Waals surface area contributed by atoms with Crippen molar-refractivity contribution >= 4 is 0 Å². The highest BCUT2D eigenvalue weighted by atomic mass is 16.4. The topological polar surface area (TPSA) is 62.7 Å². The molecule has 1 aliphatic rings. The van der Waals surface area contributed by atoms with Gasteiger partial charge in [0.25, 0.3) is 0 Å². The van der Waals surface area contributed by atoms with Gasteiger partial charge in [0.1, 0.15) is 5.41 Å². The molecule has 0 atom stereocenters. The predicted octanol–water partition coefficient (Wildman–Crippen LogP) is 1.58. The molecule has 0 amide bonds. The highest BCUT2D eigenvalue weighted by Crippen LogP contribution is 2.42. The summed E-state index contributed by atoms with van der Waals surface area (Å²) in [5.74, 6) is 1.13. The van der Waals surface area contributed by atoms with Gasteiger partial charge in [-0.05, 0) is 19.3 Å². The van der Waals surface area contributed by atoms with Gasteiger partial charge in [0.15, 0.2) is 0 Å². The zero-order valence-corrected chi connectivity index (χ0v) is 7.58. The summed E-state index contributed by atoms with van der Waals surface area (Å²) in [7, 11) is 0. The van der Waals surface area contributed by atoms with E-state index >= 15 is 0 Å². The molecule has 0 radical (unpaired) electrons. The molecule has 1 aromatic rings. The Kier molecular flexibility index (Phi) is 1.80. The van der Waals surface area contributed by atoms with Gasteiger partial charge in [0.05, 0.1) is 6.07 Å². The first-order valence-corrected chi connectivity index (χ1v) is 4.55. The predicted molar refractivity (Wildman–Crippen MR) is 44.8 cm³/mol. The number of hydrogen-bond acceptors (Lipinski definition) is 4. The molecule has 0 N–H and O–H groups in total. The van der Waals surface area contributed by atoms with Crippen LogP contribution in [0.3, 0.4) is 0 Å². The molecule has 0 unspecified atom stereocenters. The number of hydrogen-bond donors (Lipinski definition) is 0. The third-order valence-electron chi connectivity index (χ3n) is 2.60. The largest absolute Gasteiger partial charge is 0.424 e. The second-order valence-corrected chi connectivity index (χ2v) is 3.40. The van der Waals surface area contributed by atoms with E-state index in [-0.39, 0.29) is 0 Å². The number of rotatable bonds is 2. The monoisotopic (exact) mass is 177 g/mol. The van der Waals surface area contributed by atoms with Gasteiger partial charge in [-0.3, -0.25) is 0 Å². The molecule has 1 fully saturated rings. The molecule has 68 valence electrons. The van der Waals surface area contributed by atoms with Gasteiger partial charge in [-0.2, -0.15) is 5.26 Å². The van der Waals surface area contributed by atoms with Crippen LogP contribution < -0.4 is 0 Å². The van der Waals surface area contributed by atoms with E-state index in [1.807, 2.05) is 6.92 Å². The van der Waals surface area contributed by atoms with Crippen LogP contribution in [-0.2, 0) is 11.8 Å². The molecule has 4 nitrogen and oxygen atoms in total. The van der Waals surface area contributed by atoms with Crippen molar-refractivity contribution in [1.82, 2.24) is 10.2 Å². The Bertz CT molecular complexity index is 346. The van der Waals surface area contributed by atoms with E-state index in [1.54, 1.807) is 0 Å². The Morgan fingerprint density at radius 3 is 2.69 bits per heavy atom. The van der Waals surface area contributed by atoms with Crippen molar-refractivity contribution in [3.63, 3.8) is 0 Å². The maximum absolute atomic E-state index is 8.99. The molecule has 4 heteroatoms. The van der Waals surface area contributed by atoms with Crippen LogP contribution >= 0.6 is 0 Å². The average Bonchev–Trinajstić information content (AvgIpc) is 2.52. The fourth-order valence-electron chi connectivity index (χ4n) is 1.49. The van der Waals surface area contributed by atoms with Gasteiger partial charge in [-0.1, -0.05) is 6.92 Å². The second kappa shape index (κ2) is 2.84. The highest BCUT2D eigenvalue weighted by Gasteiger charge is 2.44. The van der Waals surface area contributed by atoms with Crippen LogP contribution in [0.4, 0.5) is 0 Å². The standard InChI is InChI=1S/C9H11N3O/c1-2-7-11-12-8(13-7)9(6-10)4-3-5-9/h2-5H2,1H3. The second-order valence-electron chi connectivity index (χ2n) is 3.40. The Morgan fingerprint density at radius 2 is 2.31 bits per heavy atom. The molecule has 0 aliphatic heterocycles. The van der Waals surface area contributed by atoms with Crippen molar-refractivity contribution in [2.24, 2.45) is 0 Å². The highest BCUT2D eigenvalue weighted by molar-refractivity contribution is 5.22. The molecule has 0 spiro atoms. The molecular formula is C9H11N3O. The van der Waals surface area contributed by atoms with Crippen molar-refractivity contribution in [3.05, 3.63) is 11.8 Å². The molecule has 0 bridgehead atoms. The SMILES string of the molecule is CCc1nnc(C2(C#N)CCC2)o1. The van der Waals surface area contributed by atoms with Gasteiger partial charge in [-0.15, -0.1) is 10.2 Å². The first-order chi connectivity index (χ1) is 6.30. The van der Waals surface area contributed by atoms with E-state index < -0.39 is 5.41 Å². The van der Waals surface area contributed by atoms with Gasteiger partial charge >= 0.3 is 0 Å². The van der Waals surface area contributed by atoms with E-state index in [4.69, 9.17) is 9.68 Å². The molecule has 13 heavy (non-hydrogen) atoms. The molecule has 1 aliphatic carbocycles. The summed E-state index contributed by atoms with van der Waals surface area (Å²) >= 11 is 0. The number of nitrogens with zero attached hydrogens (tertiary/aromatic N) is 3. The lowest BCUT2D eigenvalue weighted by Crippen LogP contribution is -2.32. The average molecular weight is 177 g/mol. The minimum absolute atomic E-state index is 0.458. The first-order valence-electron chi connectivity index (χ1n) is 4.55. The van der Waals surface area contributed by atoms with E-state index in [1.165, 1.54) is 0 Å². The maximum atomic E-state index is 8.99. The van der Waals surface area contributed by atoms with Crippen LogP contribution in [0.2, 0.25) is 0 Å². The minimum Gasteiger partial charge on any atom is -0.424 e. The van der Waals surface area contributed by atoms with E-state index in [2.05, 4.69) is 16.3 Å². The zero-order chi connectivity index (χ0) is 9.31. The minimum atomic E-state index is -0.458. The fourth-order valence-corrected chi connectivity index (χ4v) is 1.49. The van der Waals surface area contributed by atoms with E-state index in [9.17, 15) is 0 Å². The van der Waals surface area contributed by atoms with Crippen LogP contribution in [0.25, 0.3) is 0 Å². The van der Waals surface area contributed by atoms with Crippen molar-refractivity contribution in [1.29, 1.82) is 5.26 Å². The van der Waals surface area contributed by atoms with Crippen LogP contribution in [0.1, 0.15) is 38.0 Å². The van der Waals surface area contributed by atoms with Crippen LogP contribution in [0.15, 0.2) is 4.42 Å². The van der Waals surface area contributed by atoms with E-state index in [0.29, 0.717) is 11.8 Å². The van der Waals surface area contributed by atoms with Gasteiger partial charge in [0, 0.05) is 6.42 Å². The molecule has 0 saturated heterocycles. The lowest BCUT2D eigenvalue weighted by molar-refractivity contribution is 0.252. The third-order valence-corrected chi connectivity index (χ3v) is 2.60. The molecule has 1 aromatic heterocycles. The number of nitriles is 1. The van der Waals surface area contributed by atoms with Crippen molar-refractivity contribution < 1.29 is 4.42 Å². The Balaban J connectivity index is 2.29. The Labute approximate surface area is 76.6 Å². The summed E-state index contributed by atoms with van der Waals surface area (Å²) in [4.78, 5) is 0. The zero-order valence-electron chi connectivity index (χ0n) is 7.58. The quantitative estimate of drug-likeness (QED) is 0.688. The van der Waals surface area contributed by atoms with Crippen molar-refractivity contribution in [3.8, 4) is 6.07 Å². The van der Waals surface area contributed by atoms with Gasteiger partial charge < -0.3 is 4.42 Å². The van der Waals surface area contributed by atoms with Crippen molar-refractivity contribution in [2.45, 2.75) is 38.0 Å². The lowest BCUT2D eigenvalue weighted by Gasteiger charge is -2.30. The summed E-state index contributed by atoms with van der Waals surface area (Å²) in [6, 6.07) is 2.27. The summed E-state index contributed by atoms with van der Waals surface area (Å²) < 4.78 is 5.39. The molecular weight excluding hydrogens is 166 g/mol. The summed E-state index contributed by atoms with van der Waals surface area (Å²) in [5, 5.41) is 16.8. The molecule has 0 aromatic carbocycles. The molecule has 2 rings (SSSR count). The van der Waals surface area contributed by atoms with Crippen molar-refractivity contribution in [2.75, 3.05) is 0 Å². The fraction of sp³-hybridized carbons (Fsp3) is 0.667. The third kappa shape index (κ3) is 1.12. The van der Waals surface area contributed by atoms with Crippen LogP contribution in [0.5, 0.6) is 0 Å². The normalized spacial score (nSPS) is 19.1. The number of aryl methyl sites for hydroxylation is 1. The number of aromatic nitrogens is 2. The Hall–Kier alpha value is -1.37.